The number of rotatable bonds is 3. The number of nitrogens with one attached hydrogen (secondary N) is 1. The Balaban J connectivity index is 2.94. The van der Waals surface area contributed by atoms with E-state index in [0.29, 0.717) is 0 Å². The highest BCUT2D eigenvalue weighted by Gasteiger charge is 2.20. The normalized spacial score (nSPS) is 10.8. The van der Waals surface area contributed by atoms with Crippen molar-refractivity contribution in [3.63, 3.8) is 0 Å². The van der Waals surface area contributed by atoms with E-state index in [4.69, 9.17) is 9.84 Å². The van der Waals surface area contributed by atoms with Crippen molar-refractivity contribution in [1.29, 1.82) is 0 Å². The van der Waals surface area contributed by atoms with Gasteiger partial charge in [-0.15, -0.1) is 0 Å². The van der Waals surface area contributed by atoms with E-state index in [1.54, 1.807) is 20.8 Å². The smallest absolute Gasteiger partial charge is 0.412 e. The van der Waals surface area contributed by atoms with E-state index in [1.165, 1.54) is 6.07 Å². The number of phenolic OH excluding ortho intramolecular Hbond substituents is 1. The van der Waals surface area contributed by atoms with Crippen molar-refractivity contribution in [3.8, 4) is 5.75 Å². The number of anilines is 1. The summed E-state index contributed by atoms with van der Waals surface area (Å²) in [6.07, 6.45) is -0.753. The number of hydrogen-bond acceptors (Lipinski definition) is 5. The summed E-state index contributed by atoms with van der Waals surface area (Å²) in [7, 11) is 0. The van der Waals surface area contributed by atoms with Crippen LogP contribution in [0, 0.1) is 0 Å². The largest absolute Gasteiger partial charge is 0.507 e. The molecule has 0 saturated carbocycles. The molecule has 7 nitrogen and oxygen atoms in total. The zero-order chi connectivity index (χ0) is 15.5. The molecule has 1 aromatic carbocycles. The van der Waals surface area contributed by atoms with Crippen LogP contribution >= 0.6 is 0 Å². The Hall–Kier alpha value is -2.57. The van der Waals surface area contributed by atoms with E-state index in [1.807, 2.05) is 0 Å². The summed E-state index contributed by atoms with van der Waals surface area (Å²) in [5.74, 6) is -3.45. The fourth-order valence-corrected chi connectivity index (χ4v) is 1.33. The summed E-state index contributed by atoms with van der Waals surface area (Å²) in [5.41, 5.74) is -0.964. The van der Waals surface area contributed by atoms with Gasteiger partial charge in [-0.2, -0.15) is 0 Å². The van der Waals surface area contributed by atoms with Gasteiger partial charge in [0.05, 0.1) is 5.56 Å². The fraction of sp³-hybridized carbons (Fsp3) is 0.308. The van der Waals surface area contributed by atoms with Gasteiger partial charge in [-0.25, -0.2) is 9.59 Å². The number of carbonyl (C=O) groups is 3. The molecule has 0 aliphatic rings. The Morgan fingerprint density at radius 2 is 1.80 bits per heavy atom. The molecule has 0 atom stereocenters. The van der Waals surface area contributed by atoms with Crippen LogP contribution in [-0.2, 0) is 9.53 Å². The molecule has 0 heterocycles. The molecule has 3 N–H and O–H groups in total. The first kappa shape index (κ1) is 15.5. The summed E-state index contributed by atoms with van der Waals surface area (Å²) in [5, 5.41) is 20.4. The van der Waals surface area contributed by atoms with E-state index >= 15 is 0 Å². The molecule has 0 aliphatic heterocycles. The van der Waals surface area contributed by atoms with Crippen LogP contribution < -0.4 is 5.32 Å². The number of ketones is 1. The lowest BCUT2D eigenvalue weighted by molar-refractivity contribution is -0.131. The lowest BCUT2D eigenvalue weighted by atomic mass is 10.1. The molecule has 0 fully saturated rings. The predicted molar refractivity (Wildman–Crippen MR) is 69.9 cm³/mol. The number of amides is 1. The van der Waals surface area contributed by atoms with Crippen LogP contribution in [0.3, 0.4) is 0 Å². The molecule has 0 radical (unpaired) electrons. The second kappa shape index (κ2) is 5.60. The molecule has 108 valence electrons. The molecule has 1 amide bonds. The first-order valence-corrected chi connectivity index (χ1v) is 5.71. The number of ether oxygens (including phenoxy) is 1. The van der Waals surface area contributed by atoms with E-state index < -0.39 is 34.8 Å². The highest BCUT2D eigenvalue weighted by Crippen LogP contribution is 2.22. The van der Waals surface area contributed by atoms with Gasteiger partial charge in [0.15, 0.2) is 0 Å². The van der Waals surface area contributed by atoms with Crippen LogP contribution in [0.25, 0.3) is 0 Å². The predicted octanol–water partition coefficient (Wildman–Crippen LogP) is 2.01. The molecule has 0 unspecified atom stereocenters. The quantitative estimate of drug-likeness (QED) is 0.443. The zero-order valence-corrected chi connectivity index (χ0v) is 11.3. The van der Waals surface area contributed by atoms with Gasteiger partial charge in [0.1, 0.15) is 11.4 Å². The first-order valence-electron chi connectivity index (χ1n) is 5.71. The third-order valence-electron chi connectivity index (χ3n) is 2.08. The number of carboxylic acids is 1. The van der Waals surface area contributed by atoms with Crippen LogP contribution in [0.15, 0.2) is 18.2 Å². The fourth-order valence-electron chi connectivity index (χ4n) is 1.33. The molecule has 20 heavy (non-hydrogen) atoms. The minimum Gasteiger partial charge on any atom is -0.507 e. The number of Topliss-reactive ketones (excluding diaryl/α,β-unsaturated/α-hetero) is 1. The third-order valence-corrected chi connectivity index (χ3v) is 2.08. The standard InChI is InChI=1S/C13H15NO6/c1-13(2,3)20-12(19)14-7-4-5-9(15)8(6-7)10(16)11(17)18/h4-6,15H,1-3H3,(H,14,19)(H,17,18). The number of carbonyl (C=O) groups excluding carboxylic acids is 2. The second-order valence-corrected chi connectivity index (χ2v) is 4.99. The molecule has 1 rings (SSSR count). The molecule has 0 saturated heterocycles. The number of phenols is 1. The van der Waals surface area contributed by atoms with Gasteiger partial charge >= 0.3 is 12.1 Å². The molecule has 0 aliphatic carbocycles. The molecular weight excluding hydrogens is 266 g/mol. The Bertz CT molecular complexity index is 558. The summed E-state index contributed by atoms with van der Waals surface area (Å²) in [6, 6.07) is 3.50. The lowest BCUT2D eigenvalue weighted by Crippen LogP contribution is -2.27. The van der Waals surface area contributed by atoms with Gasteiger partial charge in [-0.05, 0) is 39.0 Å². The van der Waals surface area contributed by atoms with Crippen LogP contribution in [0.1, 0.15) is 31.1 Å². The maximum absolute atomic E-state index is 11.5. The maximum Gasteiger partial charge on any atom is 0.412 e. The van der Waals surface area contributed by atoms with Crippen molar-refractivity contribution in [1.82, 2.24) is 0 Å². The Morgan fingerprint density at radius 1 is 1.20 bits per heavy atom. The summed E-state index contributed by atoms with van der Waals surface area (Å²) >= 11 is 0. The third kappa shape index (κ3) is 4.27. The number of carboxylic acid groups (broad SMARTS) is 1. The number of benzene rings is 1. The van der Waals surface area contributed by atoms with Gasteiger partial charge in [0.2, 0.25) is 0 Å². The van der Waals surface area contributed by atoms with Crippen LogP contribution in [-0.4, -0.2) is 33.7 Å². The molecular formula is C13H15NO6. The van der Waals surface area contributed by atoms with E-state index in [-0.39, 0.29) is 5.69 Å². The summed E-state index contributed by atoms with van der Waals surface area (Å²) in [6.45, 7) is 5.05. The van der Waals surface area contributed by atoms with Crippen LogP contribution in [0.2, 0.25) is 0 Å². The van der Waals surface area contributed by atoms with Gasteiger partial charge in [-0.3, -0.25) is 10.1 Å². The SMILES string of the molecule is CC(C)(C)OC(=O)Nc1ccc(O)c(C(=O)C(=O)O)c1. The Morgan fingerprint density at radius 3 is 2.30 bits per heavy atom. The van der Waals surface area contributed by atoms with Gasteiger partial charge in [-0.1, -0.05) is 0 Å². The highest BCUT2D eigenvalue weighted by molar-refractivity contribution is 6.40. The van der Waals surface area contributed by atoms with E-state index in [0.717, 1.165) is 12.1 Å². The molecule has 1 aromatic rings. The van der Waals surface area contributed by atoms with Crippen LogP contribution in [0.4, 0.5) is 10.5 Å². The zero-order valence-electron chi connectivity index (χ0n) is 11.3. The molecule has 0 aromatic heterocycles. The first-order chi connectivity index (χ1) is 9.10. The molecule has 7 heteroatoms. The van der Waals surface area contributed by atoms with Gasteiger partial charge < -0.3 is 14.9 Å². The highest BCUT2D eigenvalue weighted by atomic mass is 16.6. The number of aliphatic carboxylic acids is 1. The van der Waals surface area contributed by atoms with Crippen molar-refractivity contribution >= 4 is 23.5 Å². The Kier molecular flexibility index (Phi) is 4.34. The Labute approximate surface area is 115 Å². The maximum atomic E-state index is 11.5. The minimum absolute atomic E-state index is 0.140. The topological polar surface area (TPSA) is 113 Å². The molecule has 0 spiro atoms. The second-order valence-electron chi connectivity index (χ2n) is 4.99. The van der Waals surface area contributed by atoms with E-state index in [2.05, 4.69) is 5.32 Å². The summed E-state index contributed by atoms with van der Waals surface area (Å²) < 4.78 is 5.01. The van der Waals surface area contributed by atoms with E-state index in [9.17, 15) is 19.5 Å². The summed E-state index contributed by atoms with van der Waals surface area (Å²) in [4.78, 5) is 33.5. The van der Waals surface area contributed by atoms with Crippen molar-refractivity contribution < 1.29 is 29.3 Å². The van der Waals surface area contributed by atoms with Gasteiger partial charge in [0, 0.05) is 5.69 Å². The monoisotopic (exact) mass is 281 g/mol. The molecule has 0 bridgehead atoms. The van der Waals surface area contributed by atoms with Crippen molar-refractivity contribution in [3.05, 3.63) is 23.8 Å². The van der Waals surface area contributed by atoms with Gasteiger partial charge in [0.25, 0.3) is 5.78 Å². The average molecular weight is 281 g/mol. The van der Waals surface area contributed by atoms with Crippen molar-refractivity contribution in [2.24, 2.45) is 0 Å². The van der Waals surface area contributed by atoms with Crippen molar-refractivity contribution in [2.45, 2.75) is 26.4 Å². The minimum atomic E-state index is -1.70. The number of aromatic hydroxyl groups is 1. The van der Waals surface area contributed by atoms with Crippen molar-refractivity contribution in [2.75, 3.05) is 5.32 Å². The van der Waals surface area contributed by atoms with Crippen LogP contribution in [0.5, 0.6) is 5.75 Å². The number of hydrogen-bond donors (Lipinski definition) is 3. The lowest BCUT2D eigenvalue weighted by Gasteiger charge is -2.19. The average Bonchev–Trinajstić information content (AvgIpc) is 2.28.